The van der Waals surface area contributed by atoms with E-state index < -0.39 is 0 Å². The summed E-state index contributed by atoms with van der Waals surface area (Å²) in [6.07, 6.45) is 1.80. The minimum atomic E-state index is -0.231. The first-order chi connectivity index (χ1) is 15.1. The predicted molar refractivity (Wildman–Crippen MR) is 123 cm³/mol. The highest BCUT2D eigenvalue weighted by molar-refractivity contribution is 6.04. The lowest BCUT2D eigenvalue weighted by molar-refractivity contribution is -0.123. The number of rotatable bonds is 6. The average molecular weight is 414 g/mol. The first-order valence-corrected chi connectivity index (χ1v) is 10.7. The third-order valence-corrected chi connectivity index (χ3v) is 5.82. The van der Waals surface area contributed by atoms with Crippen LogP contribution in [0, 0.1) is 5.92 Å². The number of benzene rings is 3. The van der Waals surface area contributed by atoms with Gasteiger partial charge in [-0.05, 0) is 54.3 Å². The van der Waals surface area contributed by atoms with Gasteiger partial charge >= 0.3 is 0 Å². The Balaban J connectivity index is 1.45. The van der Waals surface area contributed by atoms with Crippen LogP contribution < -0.4 is 11.1 Å². The average Bonchev–Trinajstić information content (AvgIpc) is 2.81. The maximum absolute atomic E-state index is 12.9. The lowest BCUT2D eigenvalue weighted by Gasteiger charge is -2.31. The smallest absolute Gasteiger partial charge is 0.255 e. The van der Waals surface area contributed by atoms with Crippen LogP contribution in [0.4, 0.5) is 5.69 Å². The number of hydrogen-bond donors (Lipinski definition) is 2. The van der Waals surface area contributed by atoms with E-state index in [1.807, 2.05) is 66.7 Å². The summed E-state index contributed by atoms with van der Waals surface area (Å²) >= 11 is 0. The fourth-order valence-corrected chi connectivity index (χ4v) is 4.09. The molecule has 158 valence electrons. The Hall–Kier alpha value is -3.44. The molecule has 1 aliphatic rings. The maximum Gasteiger partial charge on any atom is 0.255 e. The monoisotopic (exact) mass is 413 g/mol. The van der Waals surface area contributed by atoms with Gasteiger partial charge in [0.05, 0.1) is 5.92 Å². The zero-order valence-corrected chi connectivity index (χ0v) is 17.5. The molecule has 2 amide bonds. The number of carbonyl (C=O) groups excluding carboxylic acids is 2. The molecule has 1 aliphatic heterocycles. The van der Waals surface area contributed by atoms with Crippen LogP contribution in [0.5, 0.6) is 0 Å². The number of carbonyl (C=O) groups is 2. The molecule has 1 fully saturated rings. The van der Waals surface area contributed by atoms with Crippen molar-refractivity contribution >= 4 is 17.5 Å². The van der Waals surface area contributed by atoms with Gasteiger partial charge in [0.15, 0.2) is 0 Å². The summed E-state index contributed by atoms with van der Waals surface area (Å²) in [4.78, 5) is 26.7. The number of nitrogens with one attached hydrogen (secondary N) is 1. The number of likely N-dealkylation sites (tertiary alicyclic amines) is 1. The fraction of sp³-hybridized carbons (Fsp3) is 0.231. The van der Waals surface area contributed by atoms with E-state index in [0.717, 1.165) is 41.8 Å². The van der Waals surface area contributed by atoms with Gasteiger partial charge in [0.25, 0.3) is 5.91 Å². The standard InChI is InChI=1S/C26H27N3O2/c27-25(30)23-10-6-16-29(18-23)17-22-9-4-5-11-24(22)28-26(31)21-14-12-20(13-15-21)19-7-2-1-3-8-19/h1-5,7-9,11-15,23H,6,10,16-18H2,(H2,27,30)(H,28,31). The molecule has 0 bridgehead atoms. The number of nitrogens with zero attached hydrogens (tertiary/aromatic N) is 1. The van der Waals surface area contributed by atoms with Crippen molar-refractivity contribution in [2.75, 3.05) is 18.4 Å². The Bertz CT molecular complexity index is 1050. The molecule has 0 aromatic heterocycles. The van der Waals surface area contributed by atoms with E-state index >= 15 is 0 Å². The van der Waals surface area contributed by atoms with E-state index in [2.05, 4.69) is 22.3 Å². The van der Waals surface area contributed by atoms with E-state index in [1.54, 1.807) is 0 Å². The second kappa shape index (κ2) is 9.58. The van der Waals surface area contributed by atoms with Crippen molar-refractivity contribution in [3.63, 3.8) is 0 Å². The number of piperidine rings is 1. The van der Waals surface area contributed by atoms with Gasteiger partial charge < -0.3 is 11.1 Å². The summed E-state index contributed by atoms with van der Waals surface area (Å²) in [5, 5.41) is 3.05. The molecule has 0 radical (unpaired) electrons. The topological polar surface area (TPSA) is 75.4 Å². The van der Waals surface area contributed by atoms with Crippen molar-refractivity contribution in [3.05, 3.63) is 90.0 Å². The Morgan fingerprint density at radius 1 is 0.903 bits per heavy atom. The lowest BCUT2D eigenvalue weighted by atomic mass is 9.97. The second-order valence-electron chi connectivity index (χ2n) is 8.03. The van der Waals surface area contributed by atoms with Crippen molar-refractivity contribution in [2.45, 2.75) is 19.4 Å². The third kappa shape index (κ3) is 5.19. The van der Waals surface area contributed by atoms with Gasteiger partial charge in [0, 0.05) is 24.3 Å². The van der Waals surface area contributed by atoms with Crippen LogP contribution >= 0.6 is 0 Å². The summed E-state index contributed by atoms with van der Waals surface area (Å²) in [5.74, 6) is -0.468. The zero-order valence-electron chi connectivity index (χ0n) is 17.5. The van der Waals surface area contributed by atoms with Crippen LogP contribution in [-0.2, 0) is 11.3 Å². The molecule has 0 aliphatic carbocycles. The highest BCUT2D eigenvalue weighted by atomic mass is 16.2. The molecule has 1 atom stereocenters. The van der Waals surface area contributed by atoms with Crippen molar-refractivity contribution in [1.29, 1.82) is 0 Å². The molecule has 0 saturated carbocycles. The predicted octanol–water partition coefficient (Wildman–Crippen LogP) is 4.30. The van der Waals surface area contributed by atoms with Crippen LogP contribution in [-0.4, -0.2) is 29.8 Å². The fourth-order valence-electron chi connectivity index (χ4n) is 4.09. The van der Waals surface area contributed by atoms with Crippen molar-refractivity contribution in [3.8, 4) is 11.1 Å². The molecule has 5 heteroatoms. The molecule has 0 spiro atoms. The van der Waals surface area contributed by atoms with Crippen LogP contribution in [0.25, 0.3) is 11.1 Å². The first kappa shape index (κ1) is 20.8. The Labute approximate surface area is 182 Å². The summed E-state index contributed by atoms with van der Waals surface area (Å²) in [6.45, 7) is 2.26. The van der Waals surface area contributed by atoms with Crippen molar-refractivity contribution < 1.29 is 9.59 Å². The molecule has 5 nitrogen and oxygen atoms in total. The number of primary amides is 1. The van der Waals surface area contributed by atoms with E-state index in [4.69, 9.17) is 5.73 Å². The summed E-state index contributed by atoms with van der Waals surface area (Å²) in [5.41, 5.74) is 10.1. The van der Waals surface area contributed by atoms with E-state index in [1.165, 1.54) is 0 Å². The van der Waals surface area contributed by atoms with Gasteiger partial charge in [0.1, 0.15) is 0 Å². The molecule has 3 aromatic carbocycles. The van der Waals surface area contributed by atoms with Gasteiger partial charge in [-0.2, -0.15) is 0 Å². The highest BCUT2D eigenvalue weighted by Gasteiger charge is 2.24. The Morgan fingerprint density at radius 2 is 1.58 bits per heavy atom. The van der Waals surface area contributed by atoms with Crippen LogP contribution in [0.2, 0.25) is 0 Å². The van der Waals surface area contributed by atoms with Gasteiger partial charge in [-0.25, -0.2) is 0 Å². The van der Waals surface area contributed by atoms with Gasteiger partial charge in [-0.1, -0.05) is 60.7 Å². The maximum atomic E-state index is 12.9. The van der Waals surface area contributed by atoms with E-state index in [9.17, 15) is 9.59 Å². The minimum absolute atomic E-state index is 0.0985. The largest absolute Gasteiger partial charge is 0.369 e. The lowest BCUT2D eigenvalue weighted by Crippen LogP contribution is -2.40. The Kier molecular flexibility index (Phi) is 6.43. The molecule has 1 saturated heterocycles. The Morgan fingerprint density at radius 3 is 2.32 bits per heavy atom. The second-order valence-corrected chi connectivity index (χ2v) is 8.03. The minimum Gasteiger partial charge on any atom is -0.369 e. The molecule has 1 unspecified atom stereocenters. The summed E-state index contributed by atoms with van der Waals surface area (Å²) in [7, 11) is 0. The summed E-state index contributed by atoms with van der Waals surface area (Å²) < 4.78 is 0. The van der Waals surface area contributed by atoms with Gasteiger partial charge in [-0.3, -0.25) is 14.5 Å². The highest BCUT2D eigenvalue weighted by Crippen LogP contribution is 2.24. The summed E-state index contributed by atoms with van der Waals surface area (Å²) in [6, 6.07) is 25.5. The molecule has 3 N–H and O–H groups in total. The normalized spacial score (nSPS) is 16.6. The molecule has 31 heavy (non-hydrogen) atoms. The van der Waals surface area contributed by atoms with Crippen molar-refractivity contribution in [2.24, 2.45) is 11.7 Å². The third-order valence-electron chi connectivity index (χ3n) is 5.82. The SMILES string of the molecule is NC(=O)C1CCCN(Cc2ccccc2NC(=O)c2ccc(-c3ccccc3)cc2)C1. The molecule has 4 rings (SSSR count). The first-order valence-electron chi connectivity index (χ1n) is 10.7. The quantitative estimate of drug-likeness (QED) is 0.633. The zero-order chi connectivity index (χ0) is 21.6. The molecular weight excluding hydrogens is 386 g/mol. The van der Waals surface area contributed by atoms with Crippen LogP contribution in [0.15, 0.2) is 78.9 Å². The van der Waals surface area contributed by atoms with E-state index in [-0.39, 0.29) is 17.7 Å². The molecule has 1 heterocycles. The number of nitrogens with two attached hydrogens (primary N) is 1. The number of hydrogen-bond acceptors (Lipinski definition) is 3. The van der Waals surface area contributed by atoms with Gasteiger partial charge in [-0.15, -0.1) is 0 Å². The van der Waals surface area contributed by atoms with Crippen LogP contribution in [0.1, 0.15) is 28.8 Å². The number of amides is 2. The number of para-hydroxylation sites is 1. The van der Waals surface area contributed by atoms with E-state index in [0.29, 0.717) is 18.7 Å². The number of anilines is 1. The molecule has 3 aromatic rings. The van der Waals surface area contributed by atoms with Crippen molar-refractivity contribution in [1.82, 2.24) is 4.90 Å². The van der Waals surface area contributed by atoms with Crippen LogP contribution in [0.3, 0.4) is 0 Å². The van der Waals surface area contributed by atoms with Gasteiger partial charge in [0.2, 0.25) is 5.91 Å². The molecular formula is C26H27N3O2.